The zero-order chi connectivity index (χ0) is 16.8. The average molecular weight is 239 g/mol. The molecule has 3 heteroatoms. The number of hydrogen-bond acceptors (Lipinski definition) is 3. The Morgan fingerprint density at radius 3 is 2.82 bits per heavy atom. The summed E-state index contributed by atoms with van der Waals surface area (Å²) in [6.45, 7) is 5.01. The lowest BCUT2D eigenvalue weighted by molar-refractivity contribution is 0.106. The van der Waals surface area contributed by atoms with E-state index < -0.39 is 23.6 Å². The van der Waals surface area contributed by atoms with Gasteiger partial charge in [-0.1, -0.05) is 38.9 Å². The van der Waals surface area contributed by atoms with Crippen LogP contribution in [-0.2, 0) is 0 Å². The molecule has 1 aromatic rings. The Morgan fingerprint density at radius 2 is 2.12 bits per heavy atom. The number of ether oxygens (including phenoxy) is 2. The van der Waals surface area contributed by atoms with Crippen molar-refractivity contribution in [2.24, 2.45) is 5.41 Å². The van der Waals surface area contributed by atoms with Gasteiger partial charge in [0, 0.05) is 0 Å². The first-order chi connectivity index (χ1) is 10.1. The average Bonchev–Trinajstić information content (AvgIpc) is 2.92. The van der Waals surface area contributed by atoms with Gasteiger partial charge in [-0.25, -0.2) is 0 Å². The molecule has 0 aromatic heterocycles. The molecule has 1 heterocycles. The molecule has 0 spiro atoms. The van der Waals surface area contributed by atoms with Crippen LogP contribution in [0.1, 0.15) is 33.2 Å². The van der Waals surface area contributed by atoms with Crippen LogP contribution in [0.2, 0.25) is 0 Å². The predicted octanol–water partition coefficient (Wildman–Crippen LogP) is 2.84. The molecule has 92 valence electrons. The lowest BCUT2D eigenvalue weighted by Gasteiger charge is -2.22. The molecule has 1 atom stereocenters. The van der Waals surface area contributed by atoms with E-state index in [1.807, 2.05) is 0 Å². The van der Waals surface area contributed by atoms with Crippen LogP contribution in [0.15, 0.2) is 24.2 Å². The largest absolute Gasteiger partial charge is 0.454 e. The van der Waals surface area contributed by atoms with Crippen molar-refractivity contribution in [2.75, 3.05) is 6.79 Å². The fourth-order valence-corrected chi connectivity index (χ4v) is 1.15. The summed E-state index contributed by atoms with van der Waals surface area (Å²) < 4.78 is 50.1. The topological polar surface area (TPSA) is 38.7 Å². The lowest BCUT2D eigenvalue weighted by Crippen LogP contribution is -2.23. The van der Waals surface area contributed by atoms with E-state index >= 15 is 0 Å². The molecular formula is C14H18O3. The van der Waals surface area contributed by atoms with Crippen LogP contribution in [0.4, 0.5) is 0 Å². The summed E-state index contributed by atoms with van der Waals surface area (Å²) in [5, 5.41) is 10.1. The monoisotopic (exact) mass is 239 g/mol. The summed E-state index contributed by atoms with van der Waals surface area (Å²) in [6.07, 6.45) is -1.22. The first kappa shape index (κ1) is 7.07. The van der Waals surface area contributed by atoms with Crippen molar-refractivity contribution in [3.8, 4) is 11.5 Å². The minimum Gasteiger partial charge on any atom is -0.454 e. The molecule has 1 aliphatic rings. The second-order valence-corrected chi connectivity index (χ2v) is 4.85. The van der Waals surface area contributed by atoms with Crippen molar-refractivity contribution in [3.63, 3.8) is 0 Å². The van der Waals surface area contributed by atoms with Gasteiger partial charge in [-0.2, -0.15) is 0 Å². The molecule has 0 aliphatic carbocycles. The molecule has 0 bridgehead atoms. The zero-order valence-corrected chi connectivity index (χ0v) is 10.0. The SMILES string of the molecule is [2H]/C(=C(/[2H])C(O)C(C)(C)C)c1c([2H])c([2H])c2c(c1[2H])OCO2. The quantitative estimate of drug-likeness (QED) is 0.862. The van der Waals surface area contributed by atoms with E-state index in [0.29, 0.717) is 0 Å². The summed E-state index contributed by atoms with van der Waals surface area (Å²) in [4.78, 5) is 0. The van der Waals surface area contributed by atoms with Crippen LogP contribution >= 0.6 is 0 Å². The first-order valence-corrected chi connectivity index (χ1v) is 5.32. The van der Waals surface area contributed by atoms with Gasteiger partial charge in [0.1, 0.15) is 0 Å². The summed E-state index contributed by atoms with van der Waals surface area (Å²) in [5.41, 5.74) is -0.865. The first-order valence-electron chi connectivity index (χ1n) is 7.82. The van der Waals surface area contributed by atoms with Crippen molar-refractivity contribution in [3.05, 3.63) is 29.7 Å². The third kappa shape index (κ3) is 2.80. The van der Waals surface area contributed by atoms with Gasteiger partial charge in [-0.3, -0.25) is 0 Å². The second kappa shape index (κ2) is 4.41. The van der Waals surface area contributed by atoms with Crippen molar-refractivity contribution in [2.45, 2.75) is 26.9 Å². The molecule has 0 fully saturated rings. The maximum atomic E-state index is 10.1. The Hall–Kier alpha value is -1.48. The maximum absolute atomic E-state index is 10.1. The summed E-state index contributed by atoms with van der Waals surface area (Å²) in [6, 6.07) is -1.80. The highest BCUT2D eigenvalue weighted by Crippen LogP contribution is 2.33. The van der Waals surface area contributed by atoms with Gasteiger partial charge >= 0.3 is 0 Å². The Labute approximate surface area is 109 Å². The van der Waals surface area contributed by atoms with Crippen LogP contribution in [0.5, 0.6) is 11.5 Å². The molecule has 2 rings (SSSR count). The van der Waals surface area contributed by atoms with Gasteiger partial charge in [0.05, 0.1) is 13.0 Å². The van der Waals surface area contributed by atoms with Gasteiger partial charge in [0.15, 0.2) is 11.5 Å². The number of fused-ring (bicyclic) bond motifs is 1. The molecule has 0 saturated carbocycles. The third-order valence-electron chi connectivity index (χ3n) is 2.31. The van der Waals surface area contributed by atoms with Crippen molar-refractivity contribution in [1.29, 1.82) is 0 Å². The van der Waals surface area contributed by atoms with Crippen LogP contribution in [0, 0.1) is 5.41 Å². The number of aliphatic hydroxyl groups excluding tert-OH is 1. The smallest absolute Gasteiger partial charge is 0.231 e. The molecule has 1 aliphatic heterocycles. The lowest BCUT2D eigenvalue weighted by atomic mass is 9.89. The van der Waals surface area contributed by atoms with Crippen molar-refractivity contribution >= 4 is 6.05 Å². The summed E-state index contributed by atoms with van der Waals surface area (Å²) >= 11 is 0. The molecule has 1 N–H and O–H groups in total. The normalized spacial score (nSPS) is 21.8. The molecular weight excluding hydrogens is 216 g/mol. The van der Waals surface area contributed by atoms with Gasteiger partial charge in [-0.05, 0) is 23.1 Å². The highest BCUT2D eigenvalue weighted by molar-refractivity contribution is 5.56. The number of hydrogen-bond donors (Lipinski definition) is 1. The van der Waals surface area contributed by atoms with E-state index in [2.05, 4.69) is 0 Å². The molecule has 0 radical (unpaired) electrons. The molecule has 0 amide bonds. The van der Waals surface area contributed by atoms with Crippen LogP contribution in [0.25, 0.3) is 6.05 Å². The standard InChI is InChI=1S/C14H18O3/c1-14(2,3)13(15)7-5-10-4-6-11-12(8-10)17-9-16-11/h4-8,13,15H,9H2,1-3H3/b7-5+/i4D,5D,6D,7D,8D. The minimum absolute atomic E-state index is 0.00111. The van der Waals surface area contributed by atoms with Gasteiger partial charge in [0.25, 0.3) is 0 Å². The zero-order valence-electron chi connectivity index (χ0n) is 15.0. The van der Waals surface area contributed by atoms with E-state index in [0.717, 1.165) is 0 Å². The minimum atomic E-state index is -1.22. The van der Waals surface area contributed by atoms with Crippen LogP contribution in [-0.4, -0.2) is 18.0 Å². The second-order valence-electron chi connectivity index (χ2n) is 4.85. The Kier molecular flexibility index (Phi) is 1.83. The van der Waals surface area contributed by atoms with E-state index in [4.69, 9.17) is 16.3 Å². The van der Waals surface area contributed by atoms with Gasteiger partial charge in [0.2, 0.25) is 6.79 Å². The molecule has 0 saturated heterocycles. The maximum Gasteiger partial charge on any atom is 0.231 e. The highest BCUT2D eigenvalue weighted by atomic mass is 16.7. The highest BCUT2D eigenvalue weighted by Gasteiger charge is 2.19. The Balaban J connectivity index is 2.65. The Bertz CT molecular complexity index is 649. The summed E-state index contributed by atoms with van der Waals surface area (Å²) in [7, 11) is 0. The van der Waals surface area contributed by atoms with E-state index in [-0.39, 0.29) is 42.0 Å². The fourth-order valence-electron chi connectivity index (χ4n) is 1.15. The number of rotatable bonds is 2. The molecule has 1 aromatic carbocycles. The van der Waals surface area contributed by atoms with Crippen LogP contribution < -0.4 is 9.47 Å². The number of aliphatic hydroxyl groups is 1. The van der Waals surface area contributed by atoms with Crippen molar-refractivity contribution < 1.29 is 21.4 Å². The molecule has 1 unspecified atom stereocenters. The van der Waals surface area contributed by atoms with Gasteiger partial charge in [-0.15, -0.1) is 0 Å². The van der Waals surface area contributed by atoms with E-state index in [1.165, 1.54) is 0 Å². The fraction of sp³-hybridized carbons (Fsp3) is 0.429. The third-order valence-corrected chi connectivity index (χ3v) is 2.31. The predicted molar refractivity (Wildman–Crippen MR) is 67.1 cm³/mol. The molecule has 17 heavy (non-hydrogen) atoms. The van der Waals surface area contributed by atoms with Crippen molar-refractivity contribution in [1.82, 2.24) is 0 Å². The van der Waals surface area contributed by atoms with Crippen LogP contribution in [0.3, 0.4) is 0 Å². The summed E-state index contributed by atoms with van der Waals surface area (Å²) in [5.74, 6) is 0.00764. The van der Waals surface area contributed by atoms with E-state index in [9.17, 15) is 5.11 Å². The molecule has 3 nitrogen and oxygen atoms in total. The number of benzene rings is 1. The van der Waals surface area contributed by atoms with E-state index in [1.54, 1.807) is 20.8 Å². The Morgan fingerprint density at radius 1 is 1.41 bits per heavy atom. The van der Waals surface area contributed by atoms with Gasteiger partial charge < -0.3 is 14.6 Å².